The lowest BCUT2D eigenvalue weighted by Crippen LogP contribution is -2.13. The van der Waals surface area contributed by atoms with E-state index in [4.69, 9.17) is 11.6 Å². The van der Waals surface area contributed by atoms with Crippen LogP contribution < -0.4 is 5.32 Å². The third-order valence-corrected chi connectivity index (χ3v) is 4.49. The number of hydrogen-bond donors (Lipinski definition) is 1. The largest absolute Gasteiger partial charge is 0.322 e. The van der Waals surface area contributed by atoms with E-state index in [-0.39, 0.29) is 5.91 Å². The molecule has 0 fully saturated rings. The van der Waals surface area contributed by atoms with Gasteiger partial charge < -0.3 is 5.32 Å². The Morgan fingerprint density at radius 3 is 2.75 bits per heavy atom. The Balaban J connectivity index is 1.76. The molecule has 5 nitrogen and oxygen atoms in total. The molecule has 1 N–H and O–H groups in total. The third kappa shape index (κ3) is 4.87. The minimum Gasteiger partial charge on any atom is -0.322 e. The fourth-order valence-corrected chi connectivity index (χ4v) is 3.18. The van der Waals surface area contributed by atoms with Crippen LogP contribution in [0.1, 0.15) is 41.2 Å². The number of aromatic nitrogens is 3. The van der Waals surface area contributed by atoms with E-state index in [2.05, 4.69) is 29.2 Å². The second kappa shape index (κ2) is 8.85. The van der Waals surface area contributed by atoms with Crippen molar-refractivity contribution in [2.75, 3.05) is 5.32 Å². The molecule has 0 unspecified atom stereocenters. The van der Waals surface area contributed by atoms with E-state index >= 15 is 0 Å². The van der Waals surface area contributed by atoms with E-state index in [0.29, 0.717) is 34.6 Å². The number of aryl methyl sites for hydroxylation is 1. The number of rotatable bonds is 6. The van der Waals surface area contributed by atoms with Gasteiger partial charge in [-0.3, -0.25) is 14.5 Å². The summed E-state index contributed by atoms with van der Waals surface area (Å²) >= 11 is 6.41. The van der Waals surface area contributed by atoms with Crippen LogP contribution in [0.4, 0.5) is 5.69 Å². The van der Waals surface area contributed by atoms with Crippen molar-refractivity contribution in [3.05, 3.63) is 76.3 Å². The van der Waals surface area contributed by atoms with E-state index in [1.54, 1.807) is 17.8 Å². The van der Waals surface area contributed by atoms with Gasteiger partial charge in [0.05, 0.1) is 17.0 Å². The number of hydrogen-bond acceptors (Lipinski definition) is 3. The van der Waals surface area contributed by atoms with Gasteiger partial charge in [0.15, 0.2) is 0 Å². The van der Waals surface area contributed by atoms with Crippen molar-refractivity contribution in [2.24, 2.45) is 5.92 Å². The lowest BCUT2D eigenvalue weighted by molar-refractivity contribution is 0.102. The fraction of sp³-hybridized carbons (Fsp3) is 0.227. The van der Waals surface area contributed by atoms with Crippen molar-refractivity contribution in [3.8, 4) is 0 Å². The zero-order valence-corrected chi connectivity index (χ0v) is 16.9. The van der Waals surface area contributed by atoms with Gasteiger partial charge in [-0.25, -0.2) is 0 Å². The molecular formula is C22H23ClN4O. The first-order valence-electron chi connectivity index (χ1n) is 9.17. The lowest BCUT2D eigenvalue weighted by Gasteiger charge is -2.08. The highest BCUT2D eigenvalue weighted by Crippen LogP contribution is 2.23. The highest BCUT2D eigenvalue weighted by molar-refractivity contribution is 6.33. The molecule has 0 radical (unpaired) electrons. The summed E-state index contributed by atoms with van der Waals surface area (Å²) in [6, 6.07) is 13.4. The molecule has 3 rings (SSSR count). The Morgan fingerprint density at radius 1 is 1.21 bits per heavy atom. The van der Waals surface area contributed by atoms with E-state index < -0.39 is 0 Å². The Kier molecular flexibility index (Phi) is 6.26. The van der Waals surface area contributed by atoms with Crippen LogP contribution >= 0.6 is 11.6 Å². The van der Waals surface area contributed by atoms with Crippen LogP contribution in [-0.4, -0.2) is 20.7 Å². The Morgan fingerprint density at radius 2 is 2.04 bits per heavy atom. The predicted octanol–water partition coefficient (Wildman–Crippen LogP) is 5.32. The van der Waals surface area contributed by atoms with Crippen LogP contribution in [0, 0.1) is 12.8 Å². The average Bonchev–Trinajstić information content (AvgIpc) is 2.94. The third-order valence-electron chi connectivity index (χ3n) is 4.11. The number of benzene rings is 1. The number of nitrogens with zero attached hydrogens (tertiary/aromatic N) is 3. The molecular weight excluding hydrogens is 372 g/mol. The molecule has 6 heteroatoms. The molecule has 0 atom stereocenters. The molecule has 0 saturated heterocycles. The zero-order chi connectivity index (χ0) is 20.1. The van der Waals surface area contributed by atoms with Crippen LogP contribution in [0.5, 0.6) is 0 Å². The molecule has 0 aliphatic carbocycles. The smallest absolute Gasteiger partial charge is 0.260 e. The van der Waals surface area contributed by atoms with Crippen molar-refractivity contribution < 1.29 is 4.79 Å². The van der Waals surface area contributed by atoms with E-state index in [1.165, 1.54) is 0 Å². The first kappa shape index (κ1) is 19.8. The molecule has 0 aliphatic rings. The maximum absolute atomic E-state index is 12.8. The number of pyridine rings is 1. The first-order valence-corrected chi connectivity index (χ1v) is 9.55. The molecule has 0 bridgehead atoms. The SMILES string of the molecule is Cc1nn(CC(C)C)c(Cl)c1C(=O)Nc1cccc(/C=C/c2ccccn2)c1. The topological polar surface area (TPSA) is 59.8 Å². The second-order valence-corrected chi connectivity index (χ2v) is 7.35. The standard InChI is InChI=1S/C22H23ClN4O/c1-15(2)14-27-21(23)20(16(3)26-27)22(28)25-19-9-6-7-17(13-19)10-11-18-8-4-5-12-24-18/h4-13,15H,14H2,1-3H3,(H,25,28)/b11-10+. The summed E-state index contributed by atoms with van der Waals surface area (Å²) in [5, 5.41) is 7.69. The Labute approximate surface area is 170 Å². The molecule has 2 aromatic heterocycles. The summed E-state index contributed by atoms with van der Waals surface area (Å²) in [4.78, 5) is 17.0. The normalized spacial score (nSPS) is 11.3. The van der Waals surface area contributed by atoms with Crippen molar-refractivity contribution >= 4 is 35.3 Å². The molecule has 28 heavy (non-hydrogen) atoms. The number of amides is 1. The summed E-state index contributed by atoms with van der Waals surface area (Å²) in [7, 11) is 0. The van der Waals surface area contributed by atoms with Gasteiger partial charge in [0.2, 0.25) is 0 Å². The van der Waals surface area contributed by atoms with E-state index in [0.717, 1.165) is 11.3 Å². The van der Waals surface area contributed by atoms with Crippen LogP contribution in [0.2, 0.25) is 5.15 Å². The first-order chi connectivity index (χ1) is 13.4. The molecule has 1 amide bonds. The molecule has 0 aliphatic heterocycles. The highest BCUT2D eigenvalue weighted by atomic mass is 35.5. The maximum Gasteiger partial charge on any atom is 0.260 e. The van der Waals surface area contributed by atoms with Crippen molar-refractivity contribution in [3.63, 3.8) is 0 Å². The van der Waals surface area contributed by atoms with Crippen molar-refractivity contribution in [1.29, 1.82) is 0 Å². The molecule has 3 aromatic rings. The molecule has 0 spiro atoms. The van der Waals surface area contributed by atoms with E-state index in [1.807, 2.05) is 54.6 Å². The molecule has 0 saturated carbocycles. The van der Waals surface area contributed by atoms with Crippen molar-refractivity contribution in [2.45, 2.75) is 27.3 Å². The number of nitrogens with one attached hydrogen (secondary N) is 1. The number of anilines is 1. The van der Waals surface area contributed by atoms with Gasteiger partial charge in [0, 0.05) is 18.4 Å². The quantitative estimate of drug-likeness (QED) is 0.615. The number of carbonyl (C=O) groups is 1. The van der Waals surface area contributed by atoms with Gasteiger partial charge in [-0.05, 0) is 48.7 Å². The maximum atomic E-state index is 12.8. The minimum absolute atomic E-state index is 0.261. The Bertz CT molecular complexity index is 993. The monoisotopic (exact) mass is 394 g/mol. The van der Waals surface area contributed by atoms with Crippen LogP contribution in [0.15, 0.2) is 48.7 Å². The van der Waals surface area contributed by atoms with Crippen LogP contribution in [0.3, 0.4) is 0 Å². The van der Waals surface area contributed by atoms with Gasteiger partial charge in [-0.15, -0.1) is 0 Å². The number of carbonyl (C=O) groups excluding carboxylic acids is 1. The summed E-state index contributed by atoms with van der Waals surface area (Å²) in [5.41, 5.74) is 3.56. The lowest BCUT2D eigenvalue weighted by atomic mass is 10.1. The second-order valence-electron chi connectivity index (χ2n) is 6.99. The molecule has 2 heterocycles. The van der Waals surface area contributed by atoms with Crippen LogP contribution in [0.25, 0.3) is 12.2 Å². The molecule has 1 aromatic carbocycles. The Hall–Kier alpha value is -2.92. The van der Waals surface area contributed by atoms with E-state index in [9.17, 15) is 4.79 Å². The van der Waals surface area contributed by atoms with Gasteiger partial charge in [-0.1, -0.05) is 49.7 Å². The molecule has 144 valence electrons. The van der Waals surface area contributed by atoms with Gasteiger partial charge in [0.25, 0.3) is 5.91 Å². The predicted molar refractivity (Wildman–Crippen MR) is 114 cm³/mol. The van der Waals surface area contributed by atoms with Crippen LogP contribution in [-0.2, 0) is 6.54 Å². The fourth-order valence-electron chi connectivity index (χ4n) is 2.85. The summed E-state index contributed by atoms with van der Waals surface area (Å²) in [6.45, 7) is 6.62. The average molecular weight is 395 g/mol. The highest BCUT2D eigenvalue weighted by Gasteiger charge is 2.20. The summed E-state index contributed by atoms with van der Waals surface area (Å²) in [6.07, 6.45) is 5.64. The summed E-state index contributed by atoms with van der Waals surface area (Å²) in [5.74, 6) is 0.124. The minimum atomic E-state index is -0.261. The zero-order valence-electron chi connectivity index (χ0n) is 16.2. The van der Waals surface area contributed by atoms with Crippen molar-refractivity contribution in [1.82, 2.24) is 14.8 Å². The van der Waals surface area contributed by atoms with Gasteiger partial charge in [0.1, 0.15) is 5.15 Å². The van der Waals surface area contributed by atoms with Gasteiger partial charge >= 0.3 is 0 Å². The van der Waals surface area contributed by atoms with Gasteiger partial charge in [-0.2, -0.15) is 5.10 Å². The number of halogens is 1. The summed E-state index contributed by atoms with van der Waals surface area (Å²) < 4.78 is 1.68.